The zero-order valence-corrected chi connectivity index (χ0v) is 12.3. The number of aliphatic hydroxyl groups is 1. The van der Waals surface area contributed by atoms with Crippen molar-refractivity contribution in [3.05, 3.63) is 65.0 Å². The monoisotopic (exact) mass is 309 g/mol. The molecular weight excluding hydrogens is 293 g/mol. The van der Waals surface area contributed by atoms with Gasteiger partial charge in [-0.3, -0.25) is 0 Å². The van der Waals surface area contributed by atoms with Gasteiger partial charge in [0.1, 0.15) is 5.82 Å². The predicted octanol–water partition coefficient (Wildman–Crippen LogP) is 2.10. The van der Waals surface area contributed by atoms with Crippen molar-refractivity contribution in [3.63, 3.8) is 0 Å². The fourth-order valence-corrected chi connectivity index (χ4v) is 3.18. The van der Waals surface area contributed by atoms with E-state index in [1.54, 1.807) is 31.2 Å². The van der Waals surface area contributed by atoms with Crippen molar-refractivity contribution in [2.45, 2.75) is 25.0 Å². The standard InChI is InChI=1S/C15H16FNO3S/c1-11-8-14(16)6-7-15(11)21(19,20)17-9-12-2-4-13(10-18)5-3-12/h2-8,17-18H,9-10H2,1H3. The molecule has 0 heterocycles. The van der Waals surface area contributed by atoms with Crippen LogP contribution >= 0.6 is 0 Å². The Balaban J connectivity index is 2.13. The minimum atomic E-state index is -3.69. The van der Waals surface area contributed by atoms with Crippen LogP contribution in [0.1, 0.15) is 16.7 Å². The molecule has 0 aliphatic heterocycles. The fraction of sp³-hybridized carbons (Fsp3) is 0.200. The number of halogens is 1. The molecule has 0 aromatic heterocycles. The van der Waals surface area contributed by atoms with Gasteiger partial charge in [0.2, 0.25) is 10.0 Å². The quantitative estimate of drug-likeness (QED) is 0.889. The summed E-state index contributed by atoms with van der Waals surface area (Å²) in [5.41, 5.74) is 1.89. The van der Waals surface area contributed by atoms with Crippen LogP contribution in [-0.4, -0.2) is 13.5 Å². The van der Waals surface area contributed by atoms with Gasteiger partial charge in [0.15, 0.2) is 0 Å². The van der Waals surface area contributed by atoms with Crippen LogP contribution in [0, 0.1) is 12.7 Å². The molecule has 0 saturated heterocycles. The highest BCUT2D eigenvalue weighted by Gasteiger charge is 2.16. The Morgan fingerprint density at radius 2 is 1.71 bits per heavy atom. The van der Waals surface area contributed by atoms with Crippen LogP contribution in [0.5, 0.6) is 0 Å². The van der Waals surface area contributed by atoms with E-state index in [0.29, 0.717) is 5.56 Å². The van der Waals surface area contributed by atoms with Crippen LogP contribution in [-0.2, 0) is 23.2 Å². The first-order chi connectivity index (χ1) is 9.92. The molecule has 0 fully saturated rings. The summed E-state index contributed by atoms with van der Waals surface area (Å²) in [6.07, 6.45) is 0. The van der Waals surface area contributed by atoms with E-state index in [1.807, 2.05) is 0 Å². The van der Waals surface area contributed by atoms with Crippen molar-refractivity contribution in [2.24, 2.45) is 0 Å². The summed E-state index contributed by atoms with van der Waals surface area (Å²) in [7, 11) is -3.69. The van der Waals surface area contributed by atoms with Gasteiger partial charge in [-0.2, -0.15) is 0 Å². The molecule has 0 aliphatic carbocycles. The Morgan fingerprint density at radius 1 is 1.10 bits per heavy atom. The summed E-state index contributed by atoms with van der Waals surface area (Å²) in [6, 6.07) is 10.5. The maximum atomic E-state index is 13.0. The first-order valence-corrected chi connectivity index (χ1v) is 7.85. The van der Waals surface area contributed by atoms with Crippen molar-refractivity contribution in [1.82, 2.24) is 4.72 Å². The number of rotatable bonds is 5. The highest BCUT2D eigenvalue weighted by atomic mass is 32.2. The number of hydrogen-bond donors (Lipinski definition) is 2. The van der Waals surface area contributed by atoms with E-state index >= 15 is 0 Å². The zero-order chi connectivity index (χ0) is 15.5. The lowest BCUT2D eigenvalue weighted by Gasteiger charge is -2.09. The molecule has 0 bridgehead atoms. The largest absolute Gasteiger partial charge is 0.392 e. The molecule has 2 N–H and O–H groups in total. The lowest BCUT2D eigenvalue weighted by atomic mass is 10.1. The number of aryl methyl sites for hydroxylation is 1. The van der Waals surface area contributed by atoms with E-state index in [1.165, 1.54) is 12.1 Å². The average molecular weight is 309 g/mol. The molecule has 6 heteroatoms. The van der Waals surface area contributed by atoms with Crippen LogP contribution in [0.25, 0.3) is 0 Å². The summed E-state index contributed by atoms with van der Waals surface area (Å²) in [5, 5.41) is 8.95. The maximum absolute atomic E-state index is 13.0. The van der Waals surface area contributed by atoms with Gasteiger partial charge < -0.3 is 5.11 Å². The summed E-state index contributed by atoms with van der Waals surface area (Å²) < 4.78 is 39.9. The van der Waals surface area contributed by atoms with Gasteiger partial charge in [0.25, 0.3) is 0 Å². The molecule has 0 saturated carbocycles. The lowest BCUT2D eigenvalue weighted by Crippen LogP contribution is -2.24. The number of nitrogens with one attached hydrogen (secondary N) is 1. The van der Waals surface area contributed by atoms with E-state index < -0.39 is 15.8 Å². The van der Waals surface area contributed by atoms with Crippen molar-refractivity contribution < 1.29 is 17.9 Å². The van der Waals surface area contributed by atoms with Gasteiger partial charge >= 0.3 is 0 Å². The van der Waals surface area contributed by atoms with Crippen molar-refractivity contribution >= 4 is 10.0 Å². The van der Waals surface area contributed by atoms with Gasteiger partial charge in [0, 0.05) is 6.54 Å². The van der Waals surface area contributed by atoms with Crippen LogP contribution in [0.2, 0.25) is 0 Å². The predicted molar refractivity (Wildman–Crippen MR) is 77.5 cm³/mol. The minimum Gasteiger partial charge on any atom is -0.392 e. The van der Waals surface area contributed by atoms with E-state index in [2.05, 4.69) is 4.72 Å². The van der Waals surface area contributed by atoms with Gasteiger partial charge in [-0.05, 0) is 41.8 Å². The molecule has 0 radical (unpaired) electrons. The van der Waals surface area contributed by atoms with Crippen LogP contribution in [0.15, 0.2) is 47.4 Å². The first kappa shape index (κ1) is 15.6. The number of sulfonamides is 1. The molecule has 0 amide bonds. The summed E-state index contributed by atoms with van der Waals surface area (Å²) in [4.78, 5) is 0.0656. The maximum Gasteiger partial charge on any atom is 0.241 e. The molecule has 2 rings (SSSR count). The number of benzene rings is 2. The second-order valence-corrected chi connectivity index (χ2v) is 6.44. The molecule has 2 aromatic carbocycles. The van der Waals surface area contributed by atoms with Gasteiger partial charge in [-0.15, -0.1) is 0 Å². The third kappa shape index (κ3) is 3.87. The topological polar surface area (TPSA) is 66.4 Å². The summed E-state index contributed by atoms with van der Waals surface area (Å²) >= 11 is 0. The molecular formula is C15H16FNO3S. The third-order valence-corrected chi connectivity index (χ3v) is 4.66. The number of aliphatic hydroxyl groups excluding tert-OH is 1. The van der Waals surface area contributed by atoms with Gasteiger partial charge in [-0.25, -0.2) is 17.5 Å². The molecule has 112 valence electrons. The second-order valence-electron chi connectivity index (χ2n) is 4.71. The first-order valence-electron chi connectivity index (χ1n) is 6.37. The Morgan fingerprint density at radius 3 is 2.29 bits per heavy atom. The van der Waals surface area contributed by atoms with Crippen LogP contribution in [0.3, 0.4) is 0 Å². The third-order valence-electron chi connectivity index (χ3n) is 3.10. The summed E-state index contributed by atoms with van der Waals surface area (Å²) in [6.45, 7) is 1.62. The van der Waals surface area contributed by atoms with Crippen molar-refractivity contribution in [3.8, 4) is 0 Å². The molecule has 0 spiro atoms. The van der Waals surface area contributed by atoms with E-state index in [-0.39, 0.29) is 18.0 Å². The van der Waals surface area contributed by atoms with Crippen LogP contribution < -0.4 is 4.72 Å². The molecule has 21 heavy (non-hydrogen) atoms. The van der Waals surface area contributed by atoms with Crippen molar-refractivity contribution in [1.29, 1.82) is 0 Å². The number of hydrogen-bond acceptors (Lipinski definition) is 3. The fourth-order valence-electron chi connectivity index (χ4n) is 1.93. The van der Waals surface area contributed by atoms with E-state index in [0.717, 1.165) is 17.2 Å². The molecule has 0 unspecified atom stereocenters. The minimum absolute atomic E-state index is 0.0548. The average Bonchev–Trinajstić information content (AvgIpc) is 2.45. The second kappa shape index (κ2) is 6.34. The Bertz CT molecular complexity index is 727. The van der Waals surface area contributed by atoms with E-state index in [9.17, 15) is 12.8 Å². The Kier molecular flexibility index (Phi) is 4.72. The molecule has 2 aromatic rings. The zero-order valence-electron chi connectivity index (χ0n) is 11.5. The SMILES string of the molecule is Cc1cc(F)ccc1S(=O)(=O)NCc1ccc(CO)cc1. The van der Waals surface area contributed by atoms with Gasteiger partial charge in [-0.1, -0.05) is 24.3 Å². The lowest BCUT2D eigenvalue weighted by molar-refractivity contribution is 0.282. The Labute approximate surface area is 123 Å². The molecule has 4 nitrogen and oxygen atoms in total. The Hall–Kier alpha value is -1.76. The highest BCUT2D eigenvalue weighted by Crippen LogP contribution is 2.16. The van der Waals surface area contributed by atoms with Crippen molar-refractivity contribution in [2.75, 3.05) is 0 Å². The molecule has 0 atom stereocenters. The normalized spacial score (nSPS) is 11.6. The van der Waals surface area contributed by atoms with Gasteiger partial charge in [0.05, 0.1) is 11.5 Å². The smallest absolute Gasteiger partial charge is 0.241 e. The van der Waals surface area contributed by atoms with Crippen LogP contribution in [0.4, 0.5) is 4.39 Å². The molecule has 0 aliphatic rings. The summed E-state index contributed by atoms with van der Waals surface area (Å²) in [5.74, 6) is -0.467. The van der Waals surface area contributed by atoms with E-state index in [4.69, 9.17) is 5.11 Å². The highest BCUT2D eigenvalue weighted by molar-refractivity contribution is 7.89.